The molecule has 0 aromatic heterocycles. The molecule has 3 rings (SSSR count). The first kappa shape index (κ1) is 18.0. The number of aryl methyl sites for hydroxylation is 1. The van der Waals surface area contributed by atoms with Crippen LogP contribution in [0.3, 0.4) is 0 Å². The molecular formula is C21H24N4O. The topological polar surface area (TPSA) is 65.5 Å². The highest BCUT2D eigenvalue weighted by molar-refractivity contribution is 5.87. The van der Waals surface area contributed by atoms with Gasteiger partial charge in [-0.1, -0.05) is 66.2 Å². The van der Waals surface area contributed by atoms with E-state index in [9.17, 15) is 4.79 Å². The number of carbonyl (C=O) groups excluding carboxylic acids is 1. The van der Waals surface area contributed by atoms with E-state index in [1.54, 1.807) is 6.21 Å². The lowest BCUT2D eigenvalue weighted by Gasteiger charge is -2.09. The summed E-state index contributed by atoms with van der Waals surface area (Å²) in [5, 5.41) is 4.06. The summed E-state index contributed by atoms with van der Waals surface area (Å²) < 4.78 is 0. The Bertz CT molecular complexity index is 797. The molecular weight excluding hydrogens is 324 g/mol. The summed E-state index contributed by atoms with van der Waals surface area (Å²) in [5.41, 5.74) is 13.3. The summed E-state index contributed by atoms with van der Waals surface area (Å²) in [5.74, 6) is -0.143. The van der Waals surface area contributed by atoms with Crippen molar-refractivity contribution in [3.63, 3.8) is 0 Å². The minimum atomic E-state index is -0.308. The van der Waals surface area contributed by atoms with Gasteiger partial charge in [-0.25, -0.2) is 16.3 Å². The van der Waals surface area contributed by atoms with Crippen LogP contribution in [0.5, 0.6) is 0 Å². The van der Waals surface area contributed by atoms with Gasteiger partial charge in [-0.3, -0.25) is 4.79 Å². The number of hydrogen-bond acceptors (Lipinski definition) is 4. The lowest BCUT2D eigenvalue weighted by molar-refractivity contribution is -0.122. The monoisotopic (exact) mass is 348 g/mol. The van der Waals surface area contributed by atoms with Crippen molar-refractivity contribution in [2.75, 3.05) is 0 Å². The van der Waals surface area contributed by atoms with Gasteiger partial charge >= 0.3 is 0 Å². The molecule has 1 aliphatic rings. The number of hydrogen-bond donors (Lipinski definition) is 3. The smallest absolute Gasteiger partial charge is 0.258 e. The number of amides is 1. The minimum Gasteiger partial charge on any atom is -0.271 e. The van der Waals surface area contributed by atoms with Crippen molar-refractivity contribution in [3.8, 4) is 0 Å². The Kier molecular flexibility index (Phi) is 5.94. The van der Waals surface area contributed by atoms with Crippen molar-refractivity contribution in [1.82, 2.24) is 16.3 Å². The van der Waals surface area contributed by atoms with Crippen LogP contribution >= 0.6 is 0 Å². The van der Waals surface area contributed by atoms with Gasteiger partial charge in [0.15, 0.2) is 0 Å². The summed E-state index contributed by atoms with van der Waals surface area (Å²) >= 11 is 0. The number of benzene rings is 2. The van der Waals surface area contributed by atoms with E-state index in [2.05, 4.69) is 52.6 Å². The highest BCUT2D eigenvalue weighted by Gasteiger charge is 2.29. The van der Waals surface area contributed by atoms with E-state index in [0.29, 0.717) is 6.42 Å². The van der Waals surface area contributed by atoms with Gasteiger partial charge in [0.1, 0.15) is 6.04 Å². The van der Waals surface area contributed by atoms with Crippen LogP contribution in [0.15, 0.2) is 65.3 Å². The maximum Gasteiger partial charge on any atom is 0.258 e. The van der Waals surface area contributed by atoms with E-state index in [1.165, 1.54) is 11.1 Å². The van der Waals surface area contributed by atoms with Gasteiger partial charge in [0.25, 0.3) is 5.91 Å². The number of nitrogens with zero attached hydrogens (tertiary/aromatic N) is 1. The Morgan fingerprint density at radius 1 is 1.12 bits per heavy atom. The fourth-order valence-electron chi connectivity index (χ4n) is 2.87. The van der Waals surface area contributed by atoms with E-state index >= 15 is 0 Å². The van der Waals surface area contributed by atoms with Crippen LogP contribution in [0.25, 0.3) is 6.08 Å². The minimum absolute atomic E-state index is 0.120. The SMILES string of the molecule is CC(/C=N/NC(=O)C1CC(c2ccc(C)cc2)NN1)=C\c1ccccc1. The molecule has 5 heteroatoms. The Balaban J connectivity index is 1.51. The van der Waals surface area contributed by atoms with E-state index in [-0.39, 0.29) is 18.0 Å². The predicted molar refractivity (Wildman–Crippen MR) is 105 cm³/mol. The molecule has 0 saturated carbocycles. The first-order valence-electron chi connectivity index (χ1n) is 8.76. The second kappa shape index (κ2) is 8.56. The first-order chi connectivity index (χ1) is 12.6. The lowest BCUT2D eigenvalue weighted by Crippen LogP contribution is -2.41. The molecule has 1 amide bonds. The van der Waals surface area contributed by atoms with E-state index in [1.807, 2.05) is 43.3 Å². The van der Waals surface area contributed by atoms with Crippen molar-refractivity contribution in [2.45, 2.75) is 32.4 Å². The van der Waals surface area contributed by atoms with Crippen molar-refractivity contribution in [3.05, 3.63) is 76.9 Å². The van der Waals surface area contributed by atoms with Crippen LogP contribution < -0.4 is 16.3 Å². The summed E-state index contributed by atoms with van der Waals surface area (Å²) in [6, 6.07) is 18.1. The van der Waals surface area contributed by atoms with E-state index in [4.69, 9.17) is 0 Å². The molecule has 2 aromatic rings. The van der Waals surface area contributed by atoms with Crippen molar-refractivity contribution in [1.29, 1.82) is 0 Å². The van der Waals surface area contributed by atoms with Gasteiger partial charge in [0.2, 0.25) is 0 Å². The van der Waals surface area contributed by atoms with Gasteiger partial charge in [-0.2, -0.15) is 5.10 Å². The summed E-state index contributed by atoms with van der Waals surface area (Å²) in [6.45, 7) is 4.01. The van der Waals surface area contributed by atoms with Gasteiger partial charge in [0.05, 0.1) is 6.21 Å². The average Bonchev–Trinajstić information content (AvgIpc) is 3.13. The molecule has 134 valence electrons. The quantitative estimate of drug-likeness (QED) is 0.575. The zero-order valence-electron chi connectivity index (χ0n) is 15.1. The third-order valence-corrected chi connectivity index (χ3v) is 4.34. The van der Waals surface area contributed by atoms with Crippen molar-refractivity contribution < 1.29 is 4.79 Å². The fraction of sp³-hybridized carbons (Fsp3) is 0.238. The zero-order chi connectivity index (χ0) is 18.4. The van der Waals surface area contributed by atoms with Crippen molar-refractivity contribution in [2.24, 2.45) is 5.10 Å². The van der Waals surface area contributed by atoms with Crippen LogP contribution in [-0.2, 0) is 4.79 Å². The Hall–Kier alpha value is -2.76. The molecule has 26 heavy (non-hydrogen) atoms. The predicted octanol–water partition coefficient (Wildman–Crippen LogP) is 3.11. The summed E-state index contributed by atoms with van der Waals surface area (Å²) in [4.78, 5) is 12.3. The highest BCUT2D eigenvalue weighted by atomic mass is 16.2. The normalized spacial score (nSPS) is 20.5. The maximum absolute atomic E-state index is 12.3. The van der Waals surface area contributed by atoms with Crippen LogP contribution in [0.2, 0.25) is 0 Å². The summed E-state index contributed by atoms with van der Waals surface area (Å²) in [7, 11) is 0. The largest absolute Gasteiger partial charge is 0.271 e. The molecule has 0 bridgehead atoms. The first-order valence-corrected chi connectivity index (χ1v) is 8.76. The Morgan fingerprint density at radius 2 is 1.85 bits per heavy atom. The van der Waals surface area contributed by atoms with Gasteiger partial charge in [0, 0.05) is 6.04 Å². The lowest BCUT2D eigenvalue weighted by atomic mass is 10.0. The third kappa shape index (κ3) is 4.88. The van der Waals surface area contributed by atoms with Crippen LogP contribution in [0.1, 0.15) is 36.1 Å². The highest BCUT2D eigenvalue weighted by Crippen LogP contribution is 2.22. The molecule has 2 aromatic carbocycles. The number of allylic oxidation sites excluding steroid dienone is 1. The molecule has 3 N–H and O–H groups in total. The second-order valence-electron chi connectivity index (χ2n) is 6.57. The third-order valence-electron chi connectivity index (χ3n) is 4.34. The van der Waals surface area contributed by atoms with Gasteiger partial charge in [-0.05, 0) is 37.0 Å². The number of nitrogens with one attached hydrogen (secondary N) is 3. The Morgan fingerprint density at radius 3 is 2.58 bits per heavy atom. The van der Waals surface area contributed by atoms with E-state index in [0.717, 1.165) is 11.1 Å². The number of hydrazine groups is 1. The molecule has 2 unspecified atom stereocenters. The maximum atomic E-state index is 12.3. The molecule has 0 radical (unpaired) electrons. The summed E-state index contributed by atoms with van der Waals surface area (Å²) in [6.07, 6.45) is 4.35. The number of carbonyl (C=O) groups is 1. The fourth-order valence-corrected chi connectivity index (χ4v) is 2.87. The van der Waals surface area contributed by atoms with Crippen molar-refractivity contribution >= 4 is 18.2 Å². The van der Waals surface area contributed by atoms with Crippen LogP contribution in [-0.4, -0.2) is 18.2 Å². The molecule has 1 fully saturated rings. The molecule has 2 atom stereocenters. The molecule has 1 heterocycles. The van der Waals surface area contributed by atoms with Gasteiger partial charge in [-0.15, -0.1) is 0 Å². The molecule has 1 saturated heterocycles. The van der Waals surface area contributed by atoms with Gasteiger partial charge < -0.3 is 0 Å². The molecule has 0 spiro atoms. The molecule has 1 aliphatic heterocycles. The average molecular weight is 348 g/mol. The standard InChI is InChI=1S/C21H24N4O/c1-15-8-10-18(11-9-15)19-13-20(24-23-19)21(26)25-22-14-16(2)12-17-6-4-3-5-7-17/h3-12,14,19-20,23-24H,13H2,1-2H3,(H,25,26)/b16-12+,22-14+. The molecule has 0 aliphatic carbocycles. The van der Waals surface area contributed by atoms with E-state index < -0.39 is 0 Å². The number of rotatable bonds is 5. The zero-order valence-corrected chi connectivity index (χ0v) is 15.1. The number of hydrazone groups is 1. The second-order valence-corrected chi connectivity index (χ2v) is 6.57. The van der Waals surface area contributed by atoms with Crippen LogP contribution in [0, 0.1) is 6.92 Å². The Labute approximate surface area is 154 Å². The van der Waals surface area contributed by atoms with Crippen LogP contribution in [0.4, 0.5) is 0 Å². The molecule has 5 nitrogen and oxygen atoms in total.